The first-order chi connectivity index (χ1) is 9.30. The molecule has 2 fully saturated rings. The monoisotopic (exact) mass is 304 g/mol. The summed E-state index contributed by atoms with van der Waals surface area (Å²) in [4.78, 5) is 2.02. The summed E-state index contributed by atoms with van der Waals surface area (Å²) >= 11 is 0. The molecule has 1 saturated carbocycles. The van der Waals surface area contributed by atoms with Gasteiger partial charge in [-0.05, 0) is 31.7 Å². The van der Waals surface area contributed by atoms with Crippen LogP contribution in [-0.4, -0.2) is 56.5 Å². The second-order valence-electron chi connectivity index (χ2n) is 6.96. The Morgan fingerprint density at radius 3 is 2.50 bits per heavy atom. The Labute approximate surface area is 122 Å². The molecule has 0 aromatic carbocycles. The van der Waals surface area contributed by atoms with Crippen molar-refractivity contribution in [3.63, 3.8) is 0 Å². The Balaban J connectivity index is 1.84. The van der Waals surface area contributed by atoms with Crippen LogP contribution in [0.4, 0.5) is 0 Å². The van der Waals surface area contributed by atoms with Crippen molar-refractivity contribution < 1.29 is 13.5 Å². The smallest absolute Gasteiger partial charge is 0.212 e. The van der Waals surface area contributed by atoms with E-state index in [9.17, 15) is 13.5 Å². The van der Waals surface area contributed by atoms with Gasteiger partial charge < -0.3 is 5.11 Å². The molecule has 1 aliphatic carbocycles. The Morgan fingerprint density at radius 1 is 1.30 bits per heavy atom. The van der Waals surface area contributed by atoms with Crippen LogP contribution in [0.2, 0.25) is 0 Å². The van der Waals surface area contributed by atoms with Gasteiger partial charge in [-0.1, -0.05) is 26.2 Å². The average Bonchev–Trinajstić information content (AvgIpc) is 2.65. The predicted molar refractivity (Wildman–Crippen MR) is 80.0 cm³/mol. The summed E-state index contributed by atoms with van der Waals surface area (Å²) in [6.07, 6.45) is 5.86. The molecule has 0 radical (unpaired) electrons. The van der Waals surface area contributed by atoms with Gasteiger partial charge in [0.25, 0.3) is 0 Å². The van der Waals surface area contributed by atoms with Crippen molar-refractivity contribution in [1.82, 2.24) is 9.62 Å². The summed E-state index contributed by atoms with van der Waals surface area (Å²) in [5.74, 6) is 0.235. The Morgan fingerprint density at radius 2 is 1.95 bits per heavy atom. The van der Waals surface area contributed by atoms with Crippen LogP contribution in [-0.2, 0) is 10.0 Å². The van der Waals surface area contributed by atoms with E-state index >= 15 is 0 Å². The molecule has 5 nitrogen and oxygen atoms in total. The molecule has 2 N–H and O–H groups in total. The SMILES string of the molecule is CN1C[C@H](O)C[C@H]1CNS(=O)(=O)CC1(C)CCCCC1. The van der Waals surface area contributed by atoms with Crippen LogP contribution >= 0.6 is 0 Å². The largest absolute Gasteiger partial charge is 0.392 e. The lowest BCUT2D eigenvalue weighted by atomic mass is 9.77. The number of β-amino-alcohol motifs (C(OH)–C–C–N with tert-alkyl or cyclic N) is 1. The fourth-order valence-corrected chi connectivity index (χ4v) is 5.33. The van der Waals surface area contributed by atoms with Crippen LogP contribution in [0.25, 0.3) is 0 Å². The minimum absolute atomic E-state index is 0.0643. The lowest BCUT2D eigenvalue weighted by Crippen LogP contribution is -2.42. The van der Waals surface area contributed by atoms with Crippen LogP contribution in [0.15, 0.2) is 0 Å². The highest BCUT2D eigenvalue weighted by Gasteiger charge is 2.34. The zero-order valence-corrected chi connectivity index (χ0v) is 13.5. The fraction of sp³-hybridized carbons (Fsp3) is 1.00. The molecule has 1 aliphatic heterocycles. The molecule has 1 heterocycles. The van der Waals surface area contributed by atoms with Crippen molar-refractivity contribution in [1.29, 1.82) is 0 Å². The number of nitrogens with one attached hydrogen (secondary N) is 1. The van der Waals surface area contributed by atoms with Crippen molar-refractivity contribution in [2.24, 2.45) is 5.41 Å². The molecule has 2 aliphatic rings. The van der Waals surface area contributed by atoms with Crippen molar-refractivity contribution >= 4 is 10.0 Å². The number of aliphatic hydroxyl groups is 1. The normalized spacial score (nSPS) is 31.6. The highest BCUT2D eigenvalue weighted by molar-refractivity contribution is 7.89. The number of likely N-dealkylation sites (N-methyl/N-ethyl adjacent to an activating group) is 1. The van der Waals surface area contributed by atoms with Crippen LogP contribution in [0, 0.1) is 5.41 Å². The Bertz CT molecular complexity index is 418. The molecule has 118 valence electrons. The van der Waals surface area contributed by atoms with Crippen LogP contribution in [0.5, 0.6) is 0 Å². The van der Waals surface area contributed by atoms with Gasteiger partial charge in [-0.2, -0.15) is 0 Å². The number of aliphatic hydroxyl groups excluding tert-OH is 1. The summed E-state index contributed by atoms with van der Waals surface area (Å²) in [5.41, 5.74) is -0.0643. The summed E-state index contributed by atoms with van der Waals surface area (Å²) < 4.78 is 27.3. The molecule has 0 aromatic rings. The molecule has 0 spiro atoms. The first-order valence-electron chi connectivity index (χ1n) is 7.65. The highest BCUT2D eigenvalue weighted by Crippen LogP contribution is 2.36. The van der Waals surface area contributed by atoms with E-state index in [1.165, 1.54) is 6.42 Å². The van der Waals surface area contributed by atoms with E-state index in [4.69, 9.17) is 0 Å². The predicted octanol–water partition coefficient (Wildman–Crippen LogP) is 0.941. The van der Waals surface area contributed by atoms with Crippen molar-refractivity contribution in [3.8, 4) is 0 Å². The number of rotatable bonds is 5. The maximum absolute atomic E-state index is 12.3. The molecule has 0 aromatic heterocycles. The maximum Gasteiger partial charge on any atom is 0.212 e. The van der Waals surface area contributed by atoms with Crippen LogP contribution in [0.3, 0.4) is 0 Å². The molecule has 2 atom stereocenters. The number of hydrogen-bond donors (Lipinski definition) is 2. The minimum Gasteiger partial charge on any atom is -0.392 e. The van der Waals surface area contributed by atoms with Crippen LogP contribution in [0.1, 0.15) is 45.4 Å². The zero-order valence-electron chi connectivity index (χ0n) is 12.6. The third-order valence-electron chi connectivity index (χ3n) is 4.80. The van der Waals surface area contributed by atoms with Gasteiger partial charge >= 0.3 is 0 Å². The third-order valence-corrected chi connectivity index (χ3v) is 6.49. The first kappa shape index (κ1) is 16.2. The standard InChI is InChI=1S/C14H28N2O3S/c1-14(6-4-3-5-7-14)11-20(18,19)15-9-12-8-13(17)10-16(12)2/h12-13,15,17H,3-11H2,1-2H3/t12-,13+/m0/s1. The van der Waals surface area contributed by atoms with Crippen molar-refractivity contribution in [2.75, 3.05) is 25.9 Å². The lowest BCUT2D eigenvalue weighted by Gasteiger charge is -2.33. The third kappa shape index (κ3) is 4.41. The number of hydrogen-bond acceptors (Lipinski definition) is 4. The van der Waals surface area contributed by atoms with Gasteiger partial charge in [0.15, 0.2) is 0 Å². The summed E-state index contributed by atoms with van der Waals surface area (Å²) in [7, 11) is -1.30. The van der Waals surface area contributed by atoms with Gasteiger partial charge in [0.05, 0.1) is 11.9 Å². The van der Waals surface area contributed by atoms with Crippen molar-refractivity contribution in [2.45, 2.75) is 57.6 Å². The molecule has 0 bridgehead atoms. The van der Waals surface area contributed by atoms with Gasteiger partial charge in [0.2, 0.25) is 10.0 Å². The highest BCUT2D eigenvalue weighted by atomic mass is 32.2. The van der Waals surface area contributed by atoms with Gasteiger partial charge in [-0.15, -0.1) is 0 Å². The van der Waals surface area contributed by atoms with E-state index in [-0.39, 0.29) is 23.3 Å². The van der Waals surface area contributed by atoms with Crippen molar-refractivity contribution in [3.05, 3.63) is 0 Å². The Kier molecular flexibility index (Phi) is 5.10. The topological polar surface area (TPSA) is 69.6 Å². The molecule has 6 heteroatoms. The molecule has 20 heavy (non-hydrogen) atoms. The summed E-state index contributed by atoms with van der Waals surface area (Å²) in [6.45, 7) is 3.13. The van der Waals surface area contributed by atoms with E-state index in [1.54, 1.807) is 0 Å². The van der Waals surface area contributed by atoms with E-state index in [0.717, 1.165) is 25.7 Å². The van der Waals surface area contributed by atoms with Gasteiger partial charge in [-0.25, -0.2) is 13.1 Å². The van der Waals surface area contributed by atoms with Crippen LogP contribution < -0.4 is 4.72 Å². The second kappa shape index (κ2) is 6.30. The number of likely N-dealkylation sites (tertiary alicyclic amines) is 1. The summed E-state index contributed by atoms with van der Waals surface area (Å²) in [5, 5.41) is 9.58. The van der Waals surface area contributed by atoms with Gasteiger partial charge in [-0.3, -0.25) is 4.90 Å². The molecule has 0 amide bonds. The van der Waals surface area contributed by atoms with E-state index in [0.29, 0.717) is 19.5 Å². The Hall–Kier alpha value is -0.170. The quantitative estimate of drug-likeness (QED) is 0.793. The van der Waals surface area contributed by atoms with E-state index < -0.39 is 10.0 Å². The second-order valence-corrected chi connectivity index (χ2v) is 8.77. The summed E-state index contributed by atoms with van der Waals surface area (Å²) in [6, 6.07) is 0.110. The molecule has 1 saturated heterocycles. The molecule has 0 unspecified atom stereocenters. The van der Waals surface area contributed by atoms with E-state index in [2.05, 4.69) is 11.6 Å². The maximum atomic E-state index is 12.3. The molecular weight excluding hydrogens is 276 g/mol. The van der Waals surface area contributed by atoms with E-state index in [1.807, 2.05) is 11.9 Å². The first-order valence-corrected chi connectivity index (χ1v) is 9.31. The van der Waals surface area contributed by atoms with Gasteiger partial charge in [0.1, 0.15) is 0 Å². The fourth-order valence-electron chi connectivity index (χ4n) is 3.57. The lowest BCUT2D eigenvalue weighted by molar-refractivity contribution is 0.182. The number of nitrogens with zero attached hydrogens (tertiary/aromatic N) is 1. The number of sulfonamides is 1. The zero-order chi connectivity index (χ0) is 14.8. The average molecular weight is 304 g/mol. The molecule has 2 rings (SSSR count). The van der Waals surface area contributed by atoms with Gasteiger partial charge in [0, 0.05) is 19.1 Å². The minimum atomic E-state index is -3.23. The molecular formula is C14H28N2O3S.